The van der Waals surface area contributed by atoms with Crippen LogP contribution in [-0.4, -0.2) is 9.56 Å². The Morgan fingerprint density at radius 1 is 0.871 bits per heavy atom. The van der Waals surface area contributed by atoms with E-state index in [1.54, 1.807) is 4.57 Å². The van der Waals surface area contributed by atoms with Gasteiger partial charge in [0.2, 0.25) is 5.70 Å². The number of para-hydroxylation sites is 2. The van der Waals surface area contributed by atoms with Crippen LogP contribution < -0.4 is 15.0 Å². The lowest BCUT2D eigenvalue weighted by Crippen LogP contribution is -2.39. The number of nitrogens with one attached hydrogen (secondary N) is 1. The Morgan fingerprint density at radius 3 is 2.10 bits per heavy atom. The van der Waals surface area contributed by atoms with Crippen LogP contribution in [0.2, 0.25) is 0 Å². The number of rotatable bonds is 5. The molecule has 2 aromatic carbocycles. The molecule has 1 N–H and O–H groups in total. The van der Waals surface area contributed by atoms with Gasteiger partial charge in [0.25, 0.3) is 0 Å². The molecule has 0 saturated carbocycles. The second-order valence-corrected chi connectivity index (χ2v) is 7.64. The van der Waals surface area contributed by atoms with E-state index in [4.69, 9.17) is 12.2 Å². The maximum atomic E-state index is 13.8. The number of aryl methyl sites for hydroxylation is 1. The van der Waals surface area contributed by atoms with E-state index in [2.05, 4.69) is 9.88 Å². The molecule has 0 aliphatic carbocycles. The zero-order valence-corrected chi connectivity index (χ0v) is 18.3. The van der Waals surface area contributed by atoms with Crippen molar-refractivity contribution in [1.82, 2.24) is 4.57 Å². The molecule has 0 bridgehead atoms. The Bertz CT molecular complexity index is 1230. The maximum absolute atomic E-state index is 13.8. The van der Waals surface area contributed by atoms with Crippen LogP contribution >= 0.6 is 12.2 Å². The molecule has 2 aromatic heterocycles. The van der Waals surface area contributed by atoms with Gasteiger partial charge < -0.3 is 15.0 Å². The Kier molecular flexibility index (Phi) is 5.96. The number of hydrogen-bond acceptors (Lipinski definition) is 2. The molecule has 4 aromatic rings. The smallest absolute Gasteiger partial charge is 0.238 e. The minimum atomic E-state index is -0.125. The van der Waals surface area contributed by atoms with Crippen molar-refractivity contribution >= 4 is 34.3 Å². The fourth-order valence-electron chi connectivity index (χ4n) is 3.69. The molecule has 0 spiro atoms. The molecule has 5 heteroatoms. The number of anilines is 1. The van der Waals surface area contributed by atoms with Crippen LogP contribution in [0, 0.1) is 13.8 Å². The predicted molar refractivity (Wildman–Crippen MR) is 128 cm³/mol. The van der Waals surface area contributed by atoms with Crippen molar-refractivity contribution in [2.24, 2.45) is 0 Å². The Hall–Kier alpha value is -3.70. The van der Waals surface area contributed by atoms with Crippen LogP contribution in [-0.2, 0) is 0 Å². The normalized spacial score (nSPS) is 11.7. The average Bonchev–Trinajstić information content (AvgIpc) is 3.09. The Balaban J connectivity index is 1.84. The van der Waals surface area contributed by atoms with Gasteiger partial charge in [-0.2, -0.15) is 4.57 Å². The van der Waals surface area contributed by atoms with Gasteiger partial charge in [-0.05, 0) is 55.5 Å². The lowest BCUT2D eigenvalue weighted by molar-refractivity contribution is -0.577. The highest BCUT2D eigenvalue weighted by Crippen LogP contribution is 2.26. The van der Waals surface area contributed by atoms with Crippen molar-refractivity contribution < 1.29 is 9.67 Å². The first-order valence-electron chi connectivity index (χ1n) is 10.1. The van der Waals surface area contributed by atoms with Gasteiger partial charge >= 0.3 is 0 Å². The third-order valence-electron chi connectivity index (χ3n) is 5.13. The van der Waals surface area contributed by atoms with Crippen molar-refractivity contribution in [1.29, 1.82) is 0 Å². The summed E-state index contributed by atoms with van der Waals surface area (Å²) in [5, 5.41) is 17.0. The molecule has 2 heterocycles. The number of hydrogen-bond donors (Lipinski definition) is 1. The lowest BCUT2D eigenvalue weighted by atomic mass is 10.1. The second-order valence-electron chi connectivity index (χ2n) is 7.24. The molecule has 0 unspecified atom stereocenters. The molecular formula is C26H23N3OS. The van der Waals surface area contributed by atoms with E-state index in [1.165, 1.54) is 0 Å². The number of nitrogens with zero attached hydrogens (tertiary/aromatic N) is 2. The van der Waals surface area contributed by atoms with Gasteiger partial charge in [-0.1, -0.05) is 54.7 Å². The van der Waals surface area contributed by atoms with Crippen molar-refractivity contribution in [3.63, 3.8) is 0 Å². The first kappa shape index (κ1) is 20.6. The molecule has 31 heavy (non-hydrogen) atoms. The summed E-state index contributed by atoms with van der Waals surface area (Å²) in [7, 11) is 0. The third kappa shape index (κ3) is 4.27. The molecule has 4 nitrogen and oxygen atoms in total. The first-order valence-corrected chi connectivity index (χ1v) is 10.5. The van der Waals surface area contributed by atoms with Crippen LogP contribution in [0.4, 0.5) is 5.69 Å². The highest BCUT2D eigenvalue weighted by Gasteiger charge is 2.21. The molecular weight excluding hydrogens is 402 g/mol. The van der Waals surface area contributed by atoms with Gasteiger partial charge in [0.15, 0.2) is 17.4 Å². The van der Waals surface area contributed by atoms with Crippen molar-refractivity contribution in [2.75, 3.05) is 5.32 Å². The van der Waals surface area contributed by atoms with E-state index in [1.807, 2.05) is 111 Å². The summed E-state index contributed by atoms with van der Waals surface area (Å²) in [5.41, 5.74) is 4.77. The SMILES string of the molecule is Cc1cc(C([O-])=C(C(=S)Nc2ccccc2)[n+]2ccccc2)c(C)n1-c1ccccc1. The summed E-state index contributed by atoms with van der Waals surface area (Å²) < 4.78 is 3.86. The monoisotopic (exact) mass is 425 g/mol. The third-order valence-corrected chi connectivity index (χ3v) is 5.42. The van der Waals surface area contributed by atoms with E-state index in [-0.39, 0.29) is 5.76 Å². The summed E-state index contributed by atoms with van der Waals surface area (Å²) in [4.78, 5) is 0.372. The molecule has 0 amide bonds. The van der Waals surface area contributed by atoms with Crippen molar-refractivity contribution in [2.45, 2.75) is 13.8 Å². The van der Waals surface area contributed by atoms with E-state index in [0.29, 0.717) is 16.2 Å². The van der Waals surface area contributed by atoms with Gasteiger partial charge in [0, 0.05) is 34.9 Å². The van der Waals surface area contributed by atoms with Gasteiger partial charge in [-0.15, -0.1) is 0 Å². The molecule has 4 rings (SSSR count). The van der Waals surface area contributed by atoms with E-state index in [0.717, 1.165) is 22.8 Å². The standard InChI is InChI=1S/C26H23N3OS/c1-19-18-23(20(2)29(19)22-14-8-4-9-15-22)25(30)24(28-16-10-5-11-17-28)26(31)27-21-12-6-3-7-13-21/h3-18H,1-2H3,(H-,27,30,31). The molecule has 0 atom stereocenters. The number of aromatic nitrogens is 2. The van der Waals surface area contributed by atoms with E-state index in [9.17, 15) is 5.11 Å². The summed E-state index contributed by atoms with van der Waals surface area (Å²) in [6.07, 6.45) is 3.67. The summed E-state index contributed by atoms with van der Waals surface area (Å²) in [5.74, 6) is -0.125. The minimum absolute atomic E-state index is 0.125. The molecule has 0 aliphatic rings. The number of benzene rings is 2. The quantitative estimate of drug-likeness (QED) is 0.221. The van der Waals surface area contributed by atoms with E-state index >= 15 is 0 Å². The summed E-state index contributed by atoms with van der Waals surface area (Å²) in [6.45, 7) is 3.97. The van der Waals surface area contributed by atoms with Gasteiger partial charge in [-0.3, -0.25) is 0 Å². The van der Waals surface area contributed by atoms with Crippen LogP contribution in [0.15, 0.2) is 97.3 Å². The Morgan fingerprint density at radius 2 is 1.45 bits per heavy atom. The maximum Gasteiger partial charge on any atom is 0.238 e. The van der Waals surface area contributed by atoms with Crippen molar-refractivity contribution in [3.8, 4) is 5.69 Å². The molecule has 154 valence electrons. The molecule has 0 radical (unpaired) electrons. The van der Waals surface area contributed by atoms with E-state index < -0.39 is 0 Å². The van der Waals surface area contributed by atoms with Gasteiger partial charge in [0.1, 0.15) is 0 Å². The average molecular weight is 426 g/mol. The fraction of sp³-hybridized carbons (Fsp3) is 0.0769. The topological polar surface area (TPSA) is 43.9 Å². The van der Waals surface area contributed by atoms with Crippen LogP contribution in [0.5, 0.6) is 0 Å². The number of pyridine rings is 1. The van der Waals surface area contributed by atoms with Crippen LogP contribution in [0.3, 0.4) is 0 Å². The zero-order valence-electron chi connectivity index (χ0n) is 17.4. The highest BCUT2D eigenvalue weighted by molar-refractivity contribution is 7.81. The molecule has 0 fully saturated rings. The largest absolute Gasteiger partial charge is 0.867 e. The molecule has 0 saturated heterocycles. The second kappa shape index (κ2) is 8.98. The zero-order chi connectivity index (χ0) is 21.8. The van der Waals surface area contributed by atoms with Gasteiger partial charge in [0.05, 0.1) is 0 Å². The fourth-order valence-corrected chi connectivity index (χ4v) is 4.01. The highest BCUT2D eigenvalue weighted by atomic mass is 32.1. The van der Waals surface area contributed by atoms with Crippen LogP contribution in [0.25, 0.3) is 17.1 Å². The van der Waals surface area contributed by atoms with Gasteiger partial charge in [-0.25, -0.2) is 0 Å². The van der Waals surface area contributed by atoms with Crippen LogP contribution in [0.1, 0.15) is 17.0 Å². The lowest BCUT2D eigenvalue weighted by Gasteiger charge is -2.17. The minimum Gasteiger partial charge on any atom is -0.867 e. The summed E-state index contributed by atoms with van der Waals surface area (Å²) >= 11 is 5.70. The Labute approximate surface area is 187 Å². The summed E-state index contributed by atoms with van der Waals surface area (Å²) in [6, 6.07) is 27.3. The first-order chi connectivity index (χ1) is 15.1. The predicted octanol–water partition coefficient (Wildman–Crippen LogP) is 4.51. The molecule has 0 aliphatic heterocycles. The number of thiocarbonyl (C=S) groups is 1. The van der Waals surface area contributed by atoms with Crippen molar-refractivity contribution in [3.05, 3.63) is 114 Å².